The van der Waals surface area contributed by atoms with Gasteiger partial charge in [-0.15, -0.1) is 0 Å². The zero-order valence-electron chi connectivity index (χ0n) is 26.7. The van der Waals surface area contributed by atoms with Crippen LogP contribution >= 0.6 is 34.8 Å². The fraction of sp³-hybridized carbons (Fsp3) is 0.278. The van der Waals surface area contributed by atoms with Crippen molar-refractivity contribution < 1.29 is 9.53 Å². The van der Waals surface area contributed by atoms with Crippen molar-refractivity contribution in [2.24, 2.45) is 0 Å². The van der Waals surface area contributed by atoms with Gasteiger partial charge in [0, 0.05) is 27.8 Å². The van der Waals surface area contributed by atoms with Gasteiger partial charge in [-0.2, -0.15) is 0 Å². The van der Waals surface area contributed by atoms with Crippen molar-refractivity contribution in [3.63, 3.8) is 0 Å². The van der Waals surface area contributed by atoms with Crippen LogP contribution in [0.3, 0.4) is 0 Å². The summed E-state index contributed by atoms with van der Waals surface area (Å²) in [5, 5.41) is 4.57. The van der Waals surface area contributed by atoms with Crippen LogP contribution in [0.15, 0.2) is 76.6 Å². The summed E-state index contributed by atoms with van der Waals surface area (Å²) in [7, 11) is 3.55. The van der Waals surface area contributed by atoms with Gasteiger partial charge in [-0.1, -0.05) is 46.9 Å². The molecule has 6 rings (SSSR count). The molecule has 0 unspecified atom stereocenters. The van der Waals surface area contributed by atoms with E-state index in [4.69, 9.17) is 39.5 Å². The number of pyridine rings is 1. The maximum atomic E-state index is 14.3. The summed E-state index contributed by atoms with van der Waals surface area (Å²) in [5.74, 6) is 0.185. The largest absolute Gasteiger partial charge is 0.496 e. The van der Waals surface area contributed by atoms with Gasteiger partial charge in [-0.25, -0.2) is 9.36 Å². The van der Waals surface area contributed by atoms with Crippen molar-refractivity contribution in [2.75, 3.05) is 27.2 Å². The van der Waals surface area contributed by atoms with Crippen molar-refractivity contribution >= 4 is 51.6 Å². The maximum absolute atomic E-state index is 14.3. The second-order valence-corrected chi connectivity index (χ2v) is 13.4. The third-order valence-corrected chi connectivity index (χ3v) is 9.58. The lowest BCUT2D eigenvalue weighted by atomic mass is 9.99. The monoisotopic (exact) mass is 705 g/mol. The molecule has 5 aromatic rings. The number of methoxy groups -OCH3 is 1. The number of benzene rings is 3. The molecule has 12 heteroatoms. The zero-order chi connectivity index (χ0) is 34.1. The van der Waals surface area contributed by atoms with Crippen LogP contribution in [0.4, 0.5) is 0 Å². The molecule has 248 valence electrons. The number of fused-ring (bicyclic) bond motifs is 1. The van der Waals surface area contributed by atoms with Crippen molar-refractivity contribution in [2.45, 2.75) is 38.8 Å². The molecule has 9 nitrogen and oxygen atoms in total. The van der Waals surface area contributed by atoms with Gasteiger partial charge in [-0.3, -0.25) is 19.1 Å². The van der Waals surface area contributed by atoms with Gasteiger partial charge in [0.1, 0.15) is 11.1 Å². The maximum Gasteiger partial charge on any atom is 0.336 e. The van der Waals surface area contributed by atoms with Gasteiger partial charge < -0.3 is 15.0 Å². The summed E-state index contributed by atoms with van der Waals surface area (Å²) in [6.07, 6.45) is 4.84. The normalized spacial score (nSPS) is 14.0. The summed E-state index contributed by atoms with van der Waals surface area (Å²) < 4.78 is 8.35. The molecule has 1 aliphatic heterocycles. The Morgan fingerprint density at radius 1 is 0.979 bits per heavy atom. The van der Waals surface area contributed by atoms with E-state index < -0.39 is 11.2 Å². The van der Waals surface area contributed by atoms with Crippen molar-refractivity contribution in [3.8, 4) is 22.6 Å². The minimum absolute atomic E-state index is 0.0595. The van der Waals surface area contributed by atoms with E-state index in [0.29, 0.717) is 26.7 Å². The molecule has 1 amide bonds. The van der Waals surface area contributed by atoms with Gasteiger partial charge in [0.15, 0.2) is 0 Å². The number of rotatable bonds is 8. The number of amides is 1. The number of carbonyl (C=O) groups is 1. The third kappa shape index (κ3) is 7.00. The van der Waals surface area contributed by atoms with Crippen LogP contribution in [0.2, 0.25) is 15.1 Å². The minimum atomic E-state index is -0.597. The molecule has 0 aliphatic carbocycles. The van der Waals surface area contributed by atoms with Gasteiger partial charge in [0.2, 0.25) is 5.91 Å². The molecule has 1 N–H and O–H groups in total. The van der Waals surface area contributed by atoms with Crippen LogP contribution in [-0.4, -0.2) is 58.2 Å². The van der Waals surface area contributed by atoms with Crippen molar-refractivity contribution in [1.82, 2.24) is 24.3 Å². The van der Waals surface area contributed by atoms with E-state index in [1.165, 1.54) is 30.1 Å². The van der Waals surface area contributed by atoms with Gasteiger partial charge in [-0.05, 0) is 105 Å². The number of nitrogens with zero attached hydrogens (tertiary/aromatic N) is 4. The summed E-state index contributed by atoms with van der Waals surface area (Å²) in [6, 6.07) is 16.0. The quantitative estimate of drug-likeness (QED) is 0.204. The Labute approximate surface area is 292 Å². The van der Waals surface area contributed by atoms with E-state index in [0.717, 1.165) is 47.2 Å². The SMILES string of the molecule is COc1cc(-c2cc(CC(=O)NC3CCN(C)CC3)ccc2Cl)cc2c1c(=O)n(-c1cncc(Cl)c1)c(=O)n2Cc1cc(Cl)ccc1C. The lowest BCUT2D eigenvalue weighted by Crippen LogP contribution is -2.43. The summed E-state index contributed by atoms with van der Waals surface area (Å²) in [4.78, 5) is 47.8. The molecule has 48 heavy (non-hydrogen) atoms. The molecule has 0 spiro atoms. The molecule has 0 saturated carbocycles. The smallest absolute Gasteiger partial charge is 0.336 e. The van der Waals surface area contributed by atoms with E-state index in [2.05, 4.69) is 22.2 Å². The summed E-state index contributed by atoms with van der Waals surface area (Å²) in [5.41, 5.74) is 3.09. The number of ether oxygens (including phenoxy) is 1. The second-order valence-electron chi connectivity index (χ2n) is 12.2. The Morgan fingerprint density at radius 3 is 2.48 bits per heavy atom. The van der Waals surface area contributed by atoms with Crippen LogP contribution in [0.25, 0.3) is 27.7 Å². The number of carbonyl (C=O) groups excluding carboxylic acids is 1. The lowest BCUT2D eigenvalue weighted by molar-refractivity contribution is -0.121. The van der Waals surface area contributed by atoms with Crippen LogP contribution in [0, 0.1) is 6.92 Å². The molecule has 0 atom stereocenters. The van der Waals surface area contributed by atoms with Crippen LogP contribution in [0.5, 0.6) is 5.75 Å². The molecular weight excluding hydrogens is 673 g/mol. The number of nitrogens with one attached hydrogen (secondary N) is 1. The average molecular weight is 707 g/mol. The Morgan fingerprint density at radius 2 is 1.75 bits per heavy atom. The predicted octanol–water partition coefficient (Wildman–Crippen LogP) is 6.29. The topological polar surface area (TPSA) is 98.5 Å². The van der Waals surface area contributed by atoms with Crippen LogP contribution < -0.4 is 21.3 Å². The molecule has 1 saturated heterocycles. The third-order valence-electron chi connectivity index (χ3n) is 8.81. The number of hydrogen-bond donors (Lipinski definition) is 1. The zero-order valence-corrected chi connectivity index (χ0v) is 29.0. The first-order chi connectivity index (χ1) is 23.0. The number of aromatic nitrogens is 3. The average Bonchev–Trinajstić information content (AvgIpc) is 3.06. The van der Waals surface area contributed by atoms with Crippen molar-refractivity contribution in [1.29, 1.82) is 0 Å². The summed E-state index contributed by atoms with van der Waals surface area (Å²) in [6.45, 7) is 3.93. The Bertz CT molecular complexity index is 2160. The van der Waals surface area contributed by atoms with Crippen molar-refractivity contribution in [3.05, 3.63) is 120 Å². The number of aryl methyl sites for hydroxylation is 1. The molecule has 0 bridgehead atoms. The Balaban J connectivity index is 1.49. The number of halogens is 3. The highest BCUT2D eigenvalue weighted by Gasteiger charge is 2.22. The minimum Gasteiger partial charge on any atom is -0.496 e. The van der Waals surface area contributed by atoms with Gasteiger partial charge in [0.25, 0.3) is 5.56 Å². The molecule has 3 heterocycles. The first-order valence-electron chi connectivity index (χ1n) is 15.5. The van der Waals surface area contributed by atoms with E-state index in [1.54, 1.807) is 30.3 Å². The fourth-order valence-electron chi connectivity index (χ4n) is 6.17. The number of likely N-dealkylation sites (tertiary alicyclic amines) is 1. The molecule has 1 aliphatic rings. The van der Waals surface area contributed by atoms with E-state index >= 15 is 0 Å². The first-order valence-corrected chi connectivity index (χ1v) is 16.7. The van der Waals surface area contributed by atoms with E-state index in [1.807, 2.05) is 25.1 Å². The standard InChI is InChI=1S/C36H34Cl3N5O4/c1-21-4-6-25(37)14-24(21)20-43-31-15-23(16-32(48-3)34(31)35(46)44(36(43)47)28-17-26(38)18-40-19-28)29-12-22(5-7-30(29)39)13-33(45)41-27-8-10-42(2)11-9-27/h4-7,12,14-19,27H,8-11,13,20H2,1-3H3,(H,41,45). The molecule has 1 fully saturated rings. The lowest BCUT2D eigenvalue weighted by Gasteiger charge is -2.29. The van der Waals surface area contributed by atoms with Gasteiger partial charge in [0.05, 0.1) is 42.5 Å². The highest BCUT2D eigenvalue weighted by Crippen LogP contribution is 2.35. The second kappa shape index (κ2) is 14.1. The first kappa shape index (κ1) is 33.7. The fourth-order valence-corrected chi connectivity index (χ4v) is 6.76. The Kier molecular flexibility index (Phi) is 9.94. The highest BCUT2D eigenvalue weighted by molar-refractivity contribution is 6.33. The summed E-state index contributed by atoms with van der Waals surface area (Å²) >= 11 is 19.3. The van der Waals surface area contributed by atoms with Gasteiger partial charge >= 0.3 is 5.69 Å². The predicted molar refractivity (Wildman–Crippen MR) is 191 cm³/mol. The molecule has 3 aromatic carbocycles. The van der Waals surface area contributed by atoms with E-state index in [-0.39, 0.29) is 46.8 Å². The number of piperidine rings is 1. The van der Waals surface area contributed by atoms with Crippen LogP contribution in [0.1, 0.15) is 29.5 Å². The molecular formula is C36H34Cl3N5O4. The van der Waals surface area contributed by atoms with Crippen LogP contribution in [-0.2, 0) is 17.8 Å². The molecule has 0 radical (unpaired) electrons. The van der Waals surface area contributed by atoms with E-state index in [9.17, 15) is 14.4 Å². The molecule has 2 aromatic heterocycles. The highest BCUT2D eigenvalue weighted by atomic mass is 35.5. The number of hydrogen-bond acceptors (Lipinski definition) is 6. The Hall–Kier alpha value is -4.15.